The van der Waals surface area contributed by atoms with Gasteiger partial charge in [-0.25, -0.2) is 4.79 Å². The number of nitrogens with zero attached hydrogens (tertiary/aromatic N) is 3. The van der Waals surface area contributed by atoms with E-state index in [1.54, 1.807) is 12.1 Å². The fraction of sp³-hybridized carbons (Fsp3) is 0.364. The Morgan fingerprint density at radius 3 is 2.64 bits per heavy atom. The summed E-state index contributed by atoms with van der Waals surface area (Å²) < 4.78 is 6.66. The topological polar surface area (TPSA) is 58.7 Å². The minimum atomic E-state index is -0.481. The van der Waals surface area contributed by atoms with Crippen LogP contribution in [0.25, 0.3) is 11.1 Å². The first kappa shape index (κ1) is 18.5. The highest BCUT2D eigenvalue weighted by molar-refractivity contribution is 5.79. The molecule has 0 atom stereocenters. The lowest BCUT2D eigenvalue weighted by molar-refractivity contribution is -0.131. The van der Waals surface area contributed by atoms with Gasteiger partial charge in [-0.05, 0) is 36.6 Å². The van der Waals surface area contributed by atoms with Crippen LogP contribution in [0.3, 0.4) is 0 Å². The lowest BCUT2D eigenvalue weighted by Crippen LogP contribution is -2.38. The summed E-state index contributed by atoms with van der Waals surface area (Å²) in [5.74, 6) is -0.517. The normalized spacial score (nSPS) is 15.7. The lowest BCUT2D eigenvalue weighted by atomic mass is 10.1. The maximum atomic E-state index is 12.8. The van der Waals surface area contributed by atoms with Gasteiger partial charge in [0, 0.05) is 32.7 Å². The number of rotatable bonds is 4. The molecular weight excluding hydrogens is 354 g/mol. The van der Waals surface area contributed by atoms with E-state index < -0.39 is 5.76 Å². The standard InChI is InChI=1S/C22H25N3O3/c1-17-7-2-3-8-18(17)15-23-11-6-12-24(14-13-23)21(26)16-25-19-9-4-5-10-20(19)28-22(25)27/h2-5,7-10H,6,11-16H2,1H3. The summed E-state index contributed by atoms with van der Waals surface area (Å²) in [5.41, 5.74) is 3.81. The van der Waals surface area contributed by atoms with Gasteiger partial charge < -0.3 is 9.32 Å². The van der Waals surface area contributed by atoms with Gasteiger partial charge in [0.15, 0.2) is 5.58 Å². The number of fused-ring (bicyclic) bond motifs is 1. The van der Waals surface area contributed by atoms with Crippen LogP contribution < -0.4 is 5.76 Å². The average Bonchev–Trinajstić information content (AvgIpc) is 2.86. The predicted molar refractivity (Wildman–Crippen MR) is 108 cm³/mol. The van der Waals surface area contributed by atoms with Gasteiger partial charge in [-0.3, -0.25) is 14.3 Å². The van der Waals surface area contributed by atoms with Crippen molar-refractivity contribution >= 4 is 17.0 Å². The number of hydrogen-bond donors (Lipinski definition) is 0. The first-order valence-electron chi connectivity index (χ1n) is 9.75. The van der Waals surface area contributed by atoms with Gasteiger partial charge in [0.05, 0.1) is 5.52 Å². The summed E-state index contributed by atoms with van der Waals surface area (Å²) in [6, 6.07) is 15.6. The van der Waals surface area contributed by atoms with Gasteiger partial charge in [0.25, 0.3) is 0 Å². The first-order valence-corrected chi connectivity index (χ1v) is 9.75. The first-order chi connectivity index (χ1) is 13.6. The maximum Gasteiger partial charge on any atom is 0.420 e. The Bertz CT molecular complexity index is 1040. The van der Waals surface area contributed by atoms with Gasteiger partial charge in [0.1, 0.15) is 6.54 Å². The number of carbonyl (C=O) groups excluding carboxylic acids is 1. The summed E-state index contributed by atoms with van der Waals surface area (Å²) in [6.07, 6.45) is 0.929. The van der Waals surface area contributed by atoms with E-state index in [1.165, 1.54) is 15.7 Å². The fourth-order valence-electron chi connectivity index (χ4n) is 3.81. The van der Waals surface area contributed by atoms with Crippen LogP contribution in [-0.4, -0.2) is 46.5 Å². The number of aromatic nitrogens is 1. The summed E-state index contributed by atoms with van der Waals surface area (Å²) >= 11 is 0. The zero-order valence-electron chi connectivity index (χ0n) is 16.1. The van der Waals surface area contributed by atoms with Gasteiger partial charge in [-0.15, -0.1) is 0 Å². The molecule has 2 aromatic carbocycles. The van der Waals surface area contributed by atoms with Crippen LogP contribution in [-0.2, 0) is 17.9 Å². The van der Waals surface area contributed by atoms with Crippen molar-refractivity contribution in [3.8, 4) is 0 Å². The second kappa shape index (κ2) is 8.02. The number of hydrogen-bond acceptors (Lipinski definition) is 4. The molecule has 0 aliphatic carbocycles. The molecule has 0 N–H and O–H groups in total. The molecule has 146 valence electrons. The smallest absolute Gasteiger partial charge is 0.408 e. The third kappa shape index (κ3) is 3.87. The monoisotopic (exact) mass is 379 g/mol. The molecular formula is C22H25N3O3. The Hall–Kier alpha value is -2.86. The third-order valence-electron chi connectivity index (χ3n) is 5.46. The molecule has 6 nitrogen and oxygen atoms in total. The van der Waals surface area contributed by atoms with Crippen LogP contribution in [0.4, 0.5) is 0 Å². The summed E-state index contributed by atoms with van der Waals surface area (Å²) in [6.45, 7) is 6.25. The molecule has 1 aliphatic rings. The largest absolute Gasteiger partial charge is 0.420 e. The molecule has 1 aliphatic heterocycles. The van der Waals surface area contributed by atoms with Crippen molar-refractivity contribution in [3.05, 3.63) is 70.2 Å². The van der Waals surface area contributed by atoms with Crippen LogP contribution in [0.5, 0.6) is 0 Å². The summed E-state index contributed by atoms with van der Waals surface area (Å²) in [5, 5.41) is 0. The molecule has 0 saturated carbocycles. The molecule has 0 bridgehead atoms. The van der Waals surface area contributed by atoms with Crippen LogP contribution in [0.15, 0.2) is 57.7 Å². The van der Waals surface area contributed by atoms with Crippen molar-refractivity contribution in [1.29, 1.82) is 0 Å². The number of aryl methyl sites for hydroxylation is 1. The molecule has 3 aromatic rings. The summed E-state index contributed by atoms with van der Waals surface area (Å²) in [4.78, 5) is 29.2. The number of amides is 1. The highest BCUT2D eigenvalue weighted by Crippen LogP contribution is 2.14. The maximum absolute atomic E-state index is 12.8. The van der Waals surface area contributed by atoms with Crippen LogP contribution in [0, 0.1) is 6.92 Å². The molecule has 6 heteroatoms. The van der Waals surface area contributed by atoms with E-state index in [4.69, 9.17) is 4.42 Å². The van der Waals surface area contributed by atoms with E-state index in [1.807, 2.05) is 17.0 Å². The molecule has 2 heterocycles. The molecule has 1 aromatic heterocycles. The van der Waals surface area contributed by atoms with Gasteiger partial charge in [-0.2, -0.15) is 0 Å². The van der Waals surface area contributed by atoms with Crippen LogP contribution >= 0.6 is 0 Å². The molecule has 0 spiro atoms. The lowest BCUT2D eigenvalue weighted by Gasteiger charge is -2.22. The fourth-order valence-corrected chi connectivity index (χ4v) is 3.81. The number of carbonyl (C=O) groups is 1. The van der Waals surface area contributed by atoms with Crippen molar-refractivity contribution in [1.82, 2.24) is 14.4 Å². The van der Waals surface area contributed by atoms with Crippen LogP contribution in [0.2, 0.25) is 0 Å². The average molecular weight is 379 g/mol. The SMILES string of the molecule is Cc1ccccc1CN1CCCN(C(=O)Cn2c(=O)oc3ccccc32)CC1. The van der Waals surface area contributed by atoms with Crippen molar-refractivity contribution in [2.45, 2.75) is 26.4 Å². The molecule has 1 saturated heterocycles. The Labute approximate surface area is 164 Å². The molecule has 1 fully saturated rings. The van der Waals surface area contributed by atoms with Crippen LogP contribution in [0.1, 0.15) is 17.5 Å². The summed E-state index contributed by atoms with van der Waals surface area (Å²) in [7, 11) is 0. The molecule has 0 radical (unpaired) electrons. The molecule has 1 amide bonds. The van der Waals surface area contributed by atoms with E-state index in [2.05, 4.69) is 36.1 Å². The quantitative estimate of drug-likeness (QED) is 0.699. The Balaban J connectivity index is 1.41. The number of oxazole rings is 1. The van der Waals surface area contributed by atoms with E-state index in [0.717, 1.165) is 26.1 Å². The minimum absolute atomic E-state index is 0.0215. The van der Waals surface area contributed by atoms with Crippen molar-refractivity contribution in [2.75, 3.05) is 26.2 Å². The van der Waals surface area contributed by atoms with Gasteiger partial charge in [0.2, 0.25) is 5.91 Å². The zero-order valence-corrected chi connectivity index (χ0v) is 16.1. The number of para-hydroxylation sites is 2. The highest BCUT2D eigenvalue weighted by Gasteiger charge is 2.21. The van der Waals surface area contributed by atoms with E-state index in [0.29, 0.717) is 24.2 Å². The van der Waals surface area contributed by atoms with Crippen molar-refractivity contribution in [3.63, 3.8) is 0 Å². The predicted octanol–water partition coefficient (Wildman–Crippen LogP) is 2.64. The van der Waals surface area contributed by atoms with E-state index >= 15 is 0 Å². The Kier molecular flexibility index (Phi) is 5.30. The molecule has 4 rings (SSSR count). The van der Waals surface area contributed by atoms with Crippen molar-refractivity contribution in [2.24, 2.45) is 0 Å². The van der Waals surface area contributed by atoms with Crippen molar-refractivity contribution < 1.29 is 9.21 Å². The third-order valence-corrected chi connectivity index (χ3v) is 5.46. The molecule has 28 heavy (non-hydrogen) atoms. The number of benzene rings is 2. The van der Waals surface area contributed by atoms with Gasteiger partial charge in [-0.1, -0.05) is 36.4 Å². The Morgan fingerprint density at radius 1 is 1.00 bits per heavy atom. The van der Waals surface area contributed by atoms with E-state index in [9.17, 15) is 9.59 Å². The minimum Gasteiger partial charge on any atom is -0.408 e. The van der Waals surface area contributed by atoms with E-state index in [-0.39, 0.29) is 12.5 Å². The second-order valence-electron chi connectivity index (χ2n) is 7.36. The Morgan fingerprint density at radius 2 is 1.79 bits per heavy atom. The zero-order chi connectivity index (χ0) is 19.5. The second-order valence-corrected chi connectivity index (χ2v) is 7.36. The molecule has 0 unspecified atom stereocenters. The highest BCUT2D eigenvalue weighted by atomic mass is 16.4. The van der Waals surface area contributed by atoms with Gasteiger partial charge >= 0.3 is 5.76 Å².